The molecule has 2 amide bonds. The van der Waals surface area contributed by atoms with Crippen molar-refractivity contribution in [3.05, 3.63) is 34.7 Å². The van der Waals surface area contributed by atoms with Crippen molar-refractivity contribution in [2.75, 3.05) is 19.7 Å². The van der Waals surface area contributed by atoms with Gasteiger partial charge in [-0.15, -0.1) is 0 Å². The largest absolute Gasteiger partial charge is 0.494 e. The zero-order valence-corrected chi connectivity index (χ0v) is 12.1. The van der Waals surface area contributed by atoms with Crippen molar-refractivity contribution in [3.8, 4) is 5.75 Å². The molecule has 1 aromatic carbocycles. The van der Waals surface area contributed by atoms with Crippen LogP contribution in [0.1, 0.15) is 12.5 Å². The van der Waals surface area contributed by atoms with E-state index in [2.05, 4.69) is 5.73 Å². The molecule has 0 aromatic heterocycles. The Balaban J connectivity index is 2.15. The molecule has 1 fully saturated rings. The van der Waals surface area contributed by atoms with Crippen LogP contribution in [0.4, 0.5) is 4.79 Å². The first-order valence-electron chi connectivity index (χ1n) is 6.43. The second-order valence-electron chi connectivity index (χ2n) is 4.19. The van der Waals surface area contributed by atoms with Gasteiger partial charge in [-0.2, -0.15) is 0 Å². The number of thioether (sulfide) groups is 1. The van der Waals surface area contributed by atoms with Crippen LogP contribution in [0.25, 0.3) is 6.08 Å². The number of carbonyl (C=O) groups is 2. The maximum absolute atomic E-state index is 12.0. The average molecular weight is 293 g/mol. The van der Waals surface area contributed by atoms with E-state index < -0.39 is 0 Å². The molecule has 3 N–H and O–H groups in total. The molecule has 6 heteroatoms. The molecule has 0 bridgehead atoms. The lowest BCUT2D eigenvalue weighted by molar-refractivity contribution is -0.367. The van der Waals surface area contributed by atoms with Crippen molar-refractivity contribution in [3.63, 3.8) is 0 Å². The van der Waals surface area contributed by atoms with E-state index in [-0.39, 0.29) is 11.1 Å². The zero-order valence-electron chi connectivity index (χ0n) is 11.3. The molecule has 0 radical (unpaired) electrons. The van der Waals surface area contributed by atoms with E-state index >= 15 is 0 Å². The lowest BCUT2D eigenvalue weighted by atomic mass is 10.2. The Bertz CT molecular complexity index is 540. The van der Waals surface area contributed by atoms with E-state index in [1.54, 1.807) is 6.08 Å². The summed E-state index contributed by atoms with van der Waals surface area (Å²) in [6, 6.07) is 7.41. The normalized spacial score (nSPS) is 17.1. The van der Waals surface area contributed by atoms with Gasteiger partial charge in [-0.25, -0.2) is 0 Å². The summed E-state index contributed by atoms with van der Waals surface area (Å²) in [4.78, 5) is 25.4. The molecule has 5 nitrogen and oxygen atoms in total. The highest BCUT2D eigenvalue weighted by atomic mass is 32.2. The number of carbonyl (C=O) groups excluding carboxylic acids is 2. The highest BCUT2D eigenvalue weighted by Crippen LogP contribution is 2.31. The van der Waals surface area contributed by atoms with Gasteiger partial charge in [-0.1, -0.05) is 12.1 Å². The third-order valence-corrected chi connectivity index (χ3v) is 3.65. The summed E-state index contributed by atoms with van der Waals surface area (Å²) >= 11 is 0.971. The highest BCUT2D eigenvalue weighted by molar-refractivity contribution is 8.18. The van der Waals surface area contributed by atoms with Gasteiger partial charge in [-0.05, 0) is 42.5 Å². The van der Waals surface area contributed by atoms with Crippen molar-refractivity contribution in [2.45, 2.75) is 6.92 Å². The fraction of sp³-hybridized carbons (Fsp3) is 0.286. The van der Waals surface area contributed by atoms with Gasteiger partial charge in [-0.3, -0.25) is 14.5 Å². The number of amides is 2. The number of hydrogen-bond donors (Lipinski definition) is 1. The Morgan fingerprint density at radius 2 is 2.00 bits per heavy atom. The zero-order chi connectivity index (χ0) is 14.5. The summed E-state index contributed by atoms with van der Waals surface area (Å²) in [5.74, 6) is 0.548. The number of quaternary nitrogens is 1. The Hall–Kier alpha value is -1.79. The third-order valence-electron chi connectivity index (χ3n) is 2.74. The van der Waals surface area contributed by atoms with Crippen molar-refractivity contribution >= 4 is 29.0 Å². The molecule has 0 saturated carbocycles. The molecule has 20 heavy (non-hydrogen) atoms. The van der Waals surface area contributed by atoms with Crippen LogP contribution >= 0.6 is 11.8 Å². The van der Waals surface area contributed by atoms with Crippen molar-refractivity contribution in [2.24, 2.45) is 0 Å². The number of ether oxygens (including phenoxy) is 1. The molecule has 1 aliphatic heterocycles. The number of nitrogens with zero attached hydrogens (tertiary/aromatic N) is 1. The number of imide groups is 1. The predicted molar refractivity (Wildman–Crippen MR) is 78.0 cm³/mol. The Labute approximate surface area is 121 Å². The summed E-state index contributed by atoms with van der Waals surface area (Å²) in [5, 5.41) is -0.226. The van der Waals surface area contributed by atoms with E-state index in [1.807, 2.05) is 31.2 Å². The molecular formula is C14H17N2O3S+. The van der Waals surface area contributed by atoms with Gasteiger partial charge in [0.15, 0.2) is 0 Å². The van der Waals surface area contributed by atoms with Crippen LogP contribution in [0, 0.1) is 0 Å². The molecule has 2 rings (SSSR count). The summed E-state index contributed by atoms with van der Waals surface area (Å²) in [6.07, 6.45) is 1.73. The van der Waals surface area contributed by atoms with Gasteiger partial charge in [0.2, 0.25) is 0 Å². The van der Waals surface area contributed by atoms with Crippen LogP contribution in [-0.2, 0) is 4.79 Å². The van der Waals surface area contributed by atoms with E-state index in [1.165, 1.54) is 4.90 Å². The van der Waals surface area contributed by atoms with Crippen LogP contribution in [0.2, 0.25) is 0 Å². The lowest BCUT2D eigenvalue weighted by Crippen LogP contribution is -2.55. The fourth-order valence-electron chi connectivity index (χ4n) is 1.83. The maximum Gasteiger partial charge on any atom is 0.293 e. The van der Waals surface area contributed by atoms with Crippen LogP contribution in [-0.4, -0.2) is 35.7 Å². The second-order valence-corrected chi connectivity index (χ2v) is 5.18. The van der Waals surface area contributed by atoms with Gasteiger partial charge in [0, 0.05) is 0 Å². The van der Waals surface area contributed by atoms with E-state index in [9.17, 15) is 9.59 Å². The van der Waals surface area contributed by atoms with E-state index in [0.29, 0.717) is 24.6 Å². The van der Waals surface area contributed by atoms with Crippen LogP contribution < -0.4 is 10.5 Å². The van der Waals surface area contributed by atoms with Crippen molar-refractivity contribution < 1.29 is 20.1 Å². The fourth-order valence-corrected chi connectivity index (χ4v) is 2.69. The number of benzene rings is 1. The topological polar surface area (TPSA) is 74.2 Å². The first-order valence-corrected chi connectivity index (χ1v) is 7.25. The minimum absolute atomic E-state index is 0.226. The summed E-state index contributed by atoms with van der Waals surface area (Å²) < 4.78 is 5.36. The lowest BCUT2D eigenvalue weighted by Gasteiger charge is -2.08. The van der Waals surface area contributed by atoms with Crippen LogP contribution in [0.15, 0.2) is 29.2 Å². The molecule has 0 unspecified atom stereocenters. The van der Waals surface area contributed by atoms with Gasteiger partial charge in [0.25, 0.3) is 11.1 Å². The molecule has 0 spiro atoms. The van der Waals surface area contributed by atoms with E-state index in [0.717, 1.165) is 23.1 Å². The average Bonchev–Trinajstić information content (AvgIpc) is 2.69. The first-order chi connectivity index (χ1) is 9.65. The molecule has 0 aliphatic carbocycles. The molecule has 106 valence electrons. The molecule has 1 aromatic rings. The van der Waals surface area contributed by atoms with Gasteiger partial charge in [0.1, 0.15) is 5.75 Å². The predicted octanol–water partition coefficient (Wildman–Crippen LogP) is 1.36. The molecular weight excluding hydrogens is 276 g/mol. The Morgan fingerprint density at radius 1 is 1.30 bits per heavy atom. The number of rotatable bonds is 5. The maximum atomic E-state index is 12.0. The summed E-state index contributed by atoms with van der Waals surface area (Å²) in [5.41, 5.74) is 4.53. The Morgan fingerprint density at radius 3 is 2.60 bits per heavy atom. The van der Waals surface area contributed by atoms with Crippen LogP contribution in [0.3, 0.4) is 0 Å². The molecule has 1 saturated heterocycles. The standard InChI is InChI=1S/C14H16N2O3S/c1-2-19-11-5-3-10(4-6-11)9-12-13(17)16(8-7-15)14(18)20-12/h3-6,9H,2,7-8,15H2,1H3/p+1/b12-9+. The first kappa shape index (κ1) is 14.6. The highest BCUT2D eigenvalue weighted by Gasteiger charge is 2.34. The SMILES string of the molecule is CCOc1ccc(/C=C2/SC(=O)N(CC[NH3+])C2=O)cc1. The van der Waals surface area contributed by atoms with E-state index in [4.69, 9.17) is 4.74 Å². The molecule has 1 aliphatic rings. The molecule has 1 heterocycles. The van der Waals surface area contributed by atoms with Crippen molar-refractivity contribution in [1.29, 1.82) is 0 Å². The van der Waals surface area contributed by atoms with Gasteiger partial charge >= 0.3 is 0 Å². The van der Waals surface area contributed by atoms with Gasteiger partial charge < -0.3 is 10.5 Å². The smallest absolute Gasteiger partial charge is 0.293 e. The monoisotopic (exact) mass is 293 g/mol. The third kappa shape index (κ3) is 3.20. The summed E-state index contributed by atoms with van der Waals surface area (Å²) in [6.45, 7) is 3.43. The number of hydrogen-bond acceptors (Lipinski definition) is 4. The minimum Gasteiger partial charge on any atom is -0.494 e. The van der Waals surface area contributed by atoms with Gasteiger partial charge in [0.05, 0.1) is 24.6 Å². The Kier molecular flexibility index (Phi) is 4.81. The summed E-state index contributed by atoms with van der Waals surface area (Å²) in [7, 11) is 0. The minimum atomic E-state index is -0.238. The van der Waals surface area contributed by atoms with Crippen molar-refractivity contribution in [1.82, 2.24) is 4.90 Å². The quantitative estimate of drug-likeness (QED) is 0.832. The van der Waals surface area contributed by atoms with Crippen LogP contribution in [0.5, 0.6) is 5.75 Å². The molecule has 0 atom stereocenters. The second kappa shape index (κ2) is 6.58.